The third kappa shape index (κ3) is 8.90. The molecule has 0 aliphatic heterocycles. The first-order valence-corrected chi connectivity index (χ1v) is 6.63. The van der Waals surface area contributed by atoms with Gasteiger partial charge in [0.1, 0.15) is 0 Å². The third-order valence-electron chi connectivity index (χ3n) is 2.49. The van der Waals surface area contributed by atoms with E-state index in [9.17, 15) is 0 Å². The Kier molecular flexibility index (Phi) is 10.2. The Bertz CT molecular complexity index is 310. The van der Waals surface area contributed by atoms with Crippen LogP contribution in [-0.2, 0) is 6.54 Å². The zero-order valence-corrected chi connectivity index (χ0v) is 12.2. The highest BCUT2D eigenvalue weighted by Gasteiger charge is 1.92. The molecular weight excluding hydrogens is 246 g/mol. The molecule has 4 nitrogen and oxygen atoms in total. The van der Waals surface area contributed by atoms with E-state index in [-0.39, 0.29) is 5.17 Å². The van der Waals surface area contributed by atoms with Gasteiger partial charge in [0.05, 0.1) is 12.2 Å². The fourth-order valence-corrected chi connectivity index (χ4v) is 1.41. The van der Waals surface area contributed by atoms with Gasteiger partial charge in [-0.05, 0) is 44.0 Å². The molecule has 18 heavy (non-hydrogen) atoms. The molecule has 1 rings (SSSR count). The van der Waals surface area contributed by atoms with E-state index in [4.69, 9.17) is 5.11 Å². The van der Waals surface area contributed by atoms with Crippen molar-refractivity contribution < 1.29 is 5.11 Å². The van der Waals surface area contributed by atoms with Gasteiger partial charge >= 0.3 is 0 Å². The van der Waals surface area contributed by atoms with Crippen molar-refractivity contribution in [2.45, 2.75) is 27.3 Å². The van der Waals surface area contributed by atoms with E-state index in [1.165, 1.54) is 19.6 Å². The summed E-state index contributed by atoms with van der Waals surface area (Å²) in [7, 11) is 0. The Morgan fingerprint density at radius 2 is 1.89 bits per heavy atom. The van der Waals surface area contributed by atoms with E-state index < -0.39 is 0 Å². The van der Waals surface area contributed by atoms with E-state index in [0.717, 1.165) is 5.69 Å². The van der Waals surface area contributed by atoms with Crippen LogP contribution in [0.1, 0.15) is 26.5 Å². The average molecular weight is 269 g/mol. The highest BCUT2D eigenvalue weighted by Crippen LogP contribution is 1.91. The number of thiocarbonyl (C=S) groups is 1. The number of pyridine rings is 1. The molecule has 0 saturated carbocycles. The molecule has 0 fully saturated rings. The first-order valence-electron chi connectivity index (χ1n) is 6.23. The normalized spacial score (nSPS) is 9.56. The van der Waals surface area contributed by atoms with Crippen molar-refractivity contribution in [1.82, 2.24) is 15.2 Å². The Labute approximate surface area is 115 Å². The van der Waals surface area contributed by atoms with Crippen LogP contribution >= 0.6 is 12.2 Å². The van der Waals surface area contributed by atoms with Crippen LogP contribution in [0.2, 0.25) is 0 Å². The second-order valence-electron chi connectivity index (χ2n) is 3.60. The first-order chi connectivity index (χ1) is 8.63. The molecule has 0 aliphatic rings. The predicted octanol–water partition coefficient (Wildman–Crippen LogP) is 2.36. The lowest BCUT2D eigenvalue weighted by Gasteiger charge is -2.13. The fourth-order valence-electron chi connectivity index (χ4n) is 1.34. The Morgan fingerprint density at radius 1 is 1.28 bits per heavy atom. The number of nitrogens with zero attached hydrogens (tertiary/aromatic N) is 2. The standard InChI is InChI=1S/C7H8N2OS.C6H15N/c10-7(11)9-5-6-3-1-2-4-8-6;1-4-7(5-2)6-3/h1-4H,5H2,(H2,9,10,11);4-6H2,1-3H3. The highest BCUT2D eigenvalue weighted by atomic mass is 32.1. The van der Waals surface area contributed by atoms with Crippen molar-refractivity contribution in [3.63, 3.8) is 0 Å². The number of aromatic nitrogens is 1. The molecule has 0 atom stereocenters. The van der Waals surface area contributed by atoms with E-state index >= 15 is 0 Å². The molecule has 2 N–H and O–H groups in total. The monoisotopic (exact) mass is 269 g/mol. The number of hydrogen-bond donors (Lipinski definition) is 2. The van der Waals surface area contributed by atoms with Gasteiger partial charge in [-0.15, -0.1) is 0 Å². The Balaban J connectivity index is 0.000000360. The van der Waals surface area contributed by atoms with Crippen molar-refractivity contribution in [3.8, 4) is 0 Å². The number of rotatable bonds is 5. The Hall–Kier alpha value is -1.20. The number of hydrogen-bond acceptors (Lipinski definition) is 3. The lowest BCUT2D eigenvalue weighted by atomic mass is 10.3. The van der Waals surface area contributed by atoms with Gasteiger partial charge in [0.2, 0.25) is 0 Å². The average Bonchev–Trinajstić information content (AvgIpc) is 2.40. The first kappa shape index (κ1) is 16.8. The number of aliphatic hydroxyl groups excluding tert-OH is 1. The highest BCUT2D eigenvalue weighted by molar-refractivity contribution is 7.79. The molecule has 0 aromatic carbocycles. The maximum atomic E-state index is 8.61. The van der Waals surface area contributed by atoms with Crippen molar-refractivity contribution >= 4 is 17.4 Å². The molecular formula is C13H23N3OS. The lowest BCUT2D eigenvalue weighted by molar-refractivity contribution is 0.321. The second-order valence-corrected chi connectivity index (χ2v) is 3.99. The van der Waals surface area contributed by atoms with Crippen LogP contribution in [0.25, 0.3) is 0 Å². The molecule has 0 bridgehead atoms. The second kappa shape index (κ2) is 10.9. The topological polar surface area (TPSA) is 48.4 Å². The molecule has 5 heteroatoms. The van der Waals surface area contributed by atoms with Crippen LogP contribution < -0.4 is 5.32 Å². The Morgan fingerprint density at radius 3 is 2.22 bits per heavy atom. The van der Waals surface area contributed by atoms with Gasteiger partial charge in [0.25, 0.3) is 5.17 Å². The largest absolute Gasteiger partial charge is 0.487 e. The SMILES string of the molecule is CCN(CC)CC.OC(=S)NCc1ccccn1. The lowest BCUT2D eigenvalue weighted by Crippen LogP contribution is -2.21. The van der Waals surface area contributed by atoms with Crippen LogP contribution in [0, 0.1) is 0 Å². The summed E-state index contributed by atoms with van der Waals surface area (Å²) < 4.78 is 0. The van der Waals surface area contributed by atoms with Gasteiger partial charge in [-0.2, -0.15) is 0 Å². The van der Waals surface area contributed by atoms with Crippen LogP contribution in [0.4, 0.5) is 0 Å². The molecule has 0 saturated heterocycles. The van der Waals surface area contributed by atoms with Gasteiger partial charge in [-0.25, -0.2) is 0 Å². The van der Waals surface area contributed by atoms with Crippen LogP contribution in [0.5, 0.6) is 0 Å². The van der Waals surface area contributed by atoms with E-state index in [1.54, 1.807) is 6.20 Å². The van der Waals surface area contributed by atoms with Gasteiger partial charge < -0.3 is 15.3 Å². The summed E-state index contributed by atoms with van der Waals surface area (Å²) in [4.78, 5) is 6.39. The van der Waals surface area contributed by atoms with Gasteiger partial charge in [0.15, 0.2) is 0 Å². The summed E-state index contributed by atoms with van der Waals surface area (Å²) in [5.74, 6) is 0. The van der Waals surface area contributed by atoms with Gasteiger partial charge in [-0.3, -0.25) is 4.98 Å². The summed E-state index contributed by atoms with van der Waals surface area (Å²) in [6, 6.07) is 5.57. The summed E-state index contributed by atoms with van der Waals surface area (Å²) in [5.41, 5.74) is 0.851. The molecule has 1 aromatic rings. The predicted molar refractivity (Wildman–Crippen MR) is 79.8 cm³/mol. The maximum Gasteiger partial charge on any atom is 0.254 e. The molecule has 0 radical (unpaired) electrons. The zero-order valence-electron chi connectivity index (χ0n) is 11.4. The van der Waals surface area contributed by atoms with E-state index in [0.29, 0.717) is 6.54 Å². The van der Waals surface area contributed by atoms with Crippen LogP contribution in [0.3, 0.4) is 0 Å². The molecule has 102 valence electrons. The fraction of sp³-hybridized carbons (Fsp3) is 0.538. The summed E-state index contributed by atoms with van der Waals surface area (Å²) in [6.45, 7) is 10.6. The minimum Gasteiger partial charge on any atom is -0.487 e. The molecule has 0 amide bonds. The molecule has 0 spiro atoms. The van der Waals surface area contributed by atoms with Crippen molar-refractivity contribution in [2.75, 3.05) is 19.6 Å². The van der Waals surface area contributed by atoms with Gasteiger partial charge in [0, 0.05) is 6.20 Å². The molecule has 1 heterocycles. The van der Waals surface area contributed by atoms with Crippen molar-refractivity contribution in [1.29, 1.82) is 0 Å². The van der Waals surface area contributed by atoms with E-state index in [1.807, 2.05) is 18.2 Å². The molecule has 0 aliphatic carbocycles. The molecule has 1 aromatic heterocycles. The molecule has 0 unspecified atom stereocenters. The zero-order chi connectivity index (χ0) is 13.8. The number of nitrogens with one attached hydrogen (secondary N) is 1. The van der Waals surface area contributed by atoms with Gasteiger partial charge in [-0.1, -0.05) is 26.8 Å². The minimum atomic E-state index is -0.198. The summed E-state index contributed by atoms with van der Waals surface area (Å²) >= 11 is 4.41. The summed E-state index contributed by atoms with van der Waals surface area (Å²) in [6.07, 6.45) is 1.69. The van der Waals surface area contributed by atoms with E-state index in [2.05, 4.69) is 48.2 Å². The van der Waals surface area contributed by atoms with Crippen molar-refractivity contribution in [2.24, 2.45) is 0 Å². The minimum absolute atomic E-state index is 0.198. The quantitative estimate of drug-likeness (QED) is 0.804. The smallest absolute Gasteiger partial charge is 0.254 e. The van der Waals surface area contributed by atoms with Crippen molar-refractivity contribution in [3.05, 3.63) is 30.1 Å². The summed E-state index contributed by atoms with van der Waals surface area (Å²) in [5, 5.41) is 11.0. The number of aliphatic hydroxyl groups is 1. The van der Waals surface area contributed by atoms with Crippen LogP contribution in [0.15, 0.2) is 24.4 Å². The maximum absolute atomic E-state index is 8.61. The van der Waals surface area contributed by atoms with Crippen LogP contribution in [-0.4, -0.2) is 39.8 Å². The third-order valence-corrected chi connectivity index (χ3v) is 2.63.